The predicted molar refractivity (Wildman–Crippen MR) is 90.3 cm³/mol. The number of carbonyl (C=O) groups is 1. The van der Waals surface area contributed by atoms with Gasteiger partial charge in [-0.05, 0) is 19.1 Å². The number of hydrogen-bond donors (Lipinski definition) is 0. The zero-order valence-electron chi connectivity index (χ0n) is 12.8. The number of benzene rings is 1. The molecule has 1 heterocycles. The second kappa shape index (κ2) is 10.0. The monoisotopic (exact) mass is 489 g/mol. The van der Waals surface area contributed by atoms with E-state index >= 15 is 0 Å². The number of allylic oxidation sites excluding steroid dienone is 1. The molecule has 117 valence electrons. The number of ether oxygens (including phenoxy) is 2. The number of halogens is 1. The molecule has 0 aromatic heterocycles. The van der Waals surface area contributed by atoms with E-state index in [1.165, 1.54) is 0 Å². The summed E-state index contributed by atoms with van der Waals surface area (Å²) in [4.78, 5) is 14.0. The van der Waals surface area contributed by atoms with Gasteiger partial charge in [0.25, 0.3) is 0 Å². The molecule has 0 N–H and O–H groups in total. The van der Waals surface area contributed by atoms with E-state index in [1.54, 1.807) is 12.0 Å². The number of amides is 1. The molecule has 0 bridgehead atoms. The zero-order chi connectivity index (χ0) is 15.2. The number of nitrogens with zero attached hydrogens (tertiary/aromatic N) is 1. The Hall–Kier alpha value is 0.0239. The molecule has 0 aliphatic carbocycles. The largest absolute Gasteiger partial charge is 0.491 e. The molecule has 1 aliphatic rings. The first-order valence-electron chi connectivity index (χ1n) is 6.95. The minimum atomic E-state index is -0.0112. The fraction of sp³-hybridized carbons (Fsp3) is 0.438. The summed E-state index contributed by atoms with van der Waals surface area (Å²) in [6.07, 6.45) is 4.01. The van der Waals surface area contributed by atoms with Gasteiger partial charge < -0.3 is 14.4 Å². The van der Waals surface area contributed by atoms with Gasteiger partial charge in [-0.25, -0.2) is 6.08 Å². The molecule has 1 aromatic rings. The van der Waals surface area contributed by atoms with Gasteiger partial charge in [0.15, 0.2) is 0 Å². The third kappa shape index (κ3) is 5.01. The van der Waals surface area contributed by atoms with Gasteiger partial charge in [-0.1, -0.05) is 29.0 Å². The van der Waals surface area contributed by atoms with Crippen molar-refractivity contribution >= 4 is 34.2 Å². The van der Waals surface area contributed by atoms with Crippen LogP contribution in [0.15, 0.2) is 24.3 Å². The van der Waals surface area contributed by atoms with E-state index in [0.29, 0.717) is 26.2 Å². The fourth-order valence-corrected chi connectivity index (χ4v) is 2.73. The first-order chi connectivity index (χ1) is 10.2. The van der Waals surface area contributed by atoms with Crippen LogP contribution >= 0.6 is 22.6 Å². The first-order valence-corrected chi connectivity index (χ1v) is 8.20. The standard InChI is InChI=1S/C16H19INO3.Y/c1-3-18-15(9-8-14(17)16(18)19)12-4-6-13(7-5-12)21-11-10-20-2;/h4-7,14H,3,8,10-11H2,1-2H3;/q-1;. The Morgan fingerprint density at radius 1 is 1.32 bits per heavy atom. The van der Waals surface area contributed by atoms with E-state index in [0.717, 1.165) is 17.0 Å². The van der Waals surface area contributed by atoms with Crippen LogP contribution in [-0.2, 0) is 42.2 Å². The minimum absolute atomic E-state index is 0. The minimum Gasteiger partial charge on any atom is -0.491 e. The Kier molecular flexibility index (Phi) is 9.13. The van der Waals surface area contributed by atoms with Crippen molar-refractivity contribution in [1.82, 2.24) is 4.90 Å². The van der Waals surface area contributed by atoms with Crippen LogP contribution in [0.5, 0.6) is 5.75 Å². The maximum Gasteiger partial charge on any atom is 0.235 e. The Balaban J connectivity index is 0.00000242. The van der Waals surface area contributed by atoms with Crippen molar-refractivity contribution in [3.8, 4) is 5.75 Å². The van der Waals surface area contributed by atoms with E-state index < -0.39 is 0 Å². The van der Waals surface area contributed by atoms with E-state index in [2.05, 4.69) is 28.7 Å². The molecule has 0 saturated heterocycles. The Morgan fingerprint density at radius 3 is 2.59 bits per heavy atom. The third-order valence-corrected chi connectivity index (χ3v) is 4.23. The molecule has 0 saturated carbocycles. The van der Waals surface area contributed by atoms with Gasteiger partial charge in [0.2, 0.25) is 5.91 Å². The van der Waals surface area contributed by atoms with Crippen LogP contribution in [0.4, 0.5) is 0 Å². The number of hydrogen-bond acceptors (Lipinski definition) is 3. The van der Waals surface area contributed by atoms with Crippen molar-refractivity contribution in [2.75, 3.05) is 26.9 Å². The molecule has 4 nitrogen and oxygen atoms in total. The van der Waals surface area contributed by atoms with Crippen LogP contribution in [-0.4, -0.2) is 41.6 Å². The van der Waals surface area contributed by atoms with E-state index in [1.807, 2.05) is 31.2 Å². The molecule has 0 spiro atoms. The van der Waals surface area contributed by atoms with Crippen molar-refractivity contribution in [3.05, 3.63) is 35.9 Å². The summed E-state index contributed by atoms with van der Waals surface area (Å²) in [6, 6.07) is 7.75. The van der Waals surface area contributed by atoms with Crippen molar-refractivity contribution in [1.29, 1.82) is 0 Å². The van der Waals surface area contributed by atoms with Crippen LogP contribution in [0.2, 0.25) is 0 Å². The maximum atomic E-state index is 12.2. The van der Waals surface area contributed by atoms with Gasteiger partial charge in [0.05, 0.1) is 10.5 Å². The molecular weight excluding hydrogens is 470 g/mol. The van der Waals surface area contributed by atoms with Crippen LogP contribution in [0.1, 0.15) is 18.9 Å². The number of carbonyl (C=O) groups excluding carboxylic acids is 1. The third-order valence-electron chi connectivity index (χ3n) is 3.25. The van der Waals surface area contributed by atoms with Crippen LogP contribution < -0.4 is 4.74 Å². The Labute approximate surface area is 170 Å². The van der Waals surface area contributed by atoms with Gasteiger partial charge in [-0.3, -0.25) is 4.79 Å². The molecule has 1 unspecified atom stereocenters. The second-order valence-electron chi connectivity index (χ2n) is 4.65. The first kappa shape index (κ1) is 20.1. The summed E-state index contributed by atoms with van der Waals surface area (Å²) in [5.41, 5.74) is 1.87. The van der Waals surface area contributed by atoms with Gasteiger partial charge in [0, 0.05) is 46.4 Å². The topological polar surface area (TPSA) is 38.8 Å². The Morgan fingerprint density at radius 2 is 2.00 bits per heavy atom. The van der Waals surface area contributed by atoms with Gasteiger partial charge in [-0.15, -0.1) is 17.8 Å². The molecule has 22 heavy (non-hydrogen) atoms. The smallest absolute Gasteiger partial charge is 0.235 e. The van der Waals surface area contributed by atoms with Crippen LogP contribution in [0.3, 0.4) is 0 Å². The van der Waals surface area contributed by atoms with E-state index in [-0.39, 0.29) is 42.5 Å². The van der Waals surface area contributed by atoms with Crippen molar-refractivity contribution < 1.29 is 47.0 Å². The van der Waals surface area contributed by atoms with E-state index in [4.69, 9.17) is 9.47 Å². The number of rotatable bonds is 6. The van der Waals surface area contributed by atoms with Gasteiger partial charge in [-0.2, -0.15) is 5.56 Å². The van der Waals surface area contributed by atoms with Crippen molar-refractivity contribution in [2.24, 2.45) is 0 Å². The summed E-state index contributed by atoms with van der Waals surface area (Å²) in [5.74, 6) is 0.959. The van der Waals surface area contributed by atoms with E-state index in [9.17, 15) is 4.79 Å². The van der Waals surface area contributed by atoms with Gasteiger partial charge >= 0.3 is 0 Å². The summed E-state index contributed by atoms with van der Waals surface area (Å²) < 4.78 is 10.5. The Bertz CT molecular complexity index is 519. The molecule has 1 amide bonds. The second-order valence-corrected chi connectivity index (χ2v) is 6.15. The van der Waals surface area contributed by atoms with Crippen LogP contribution in [0.25, 0.3) is 5.70 Å². The molecule has 1 radical (unpaired) electrons. The normalized spacial score (nSPS) is 17.8. The number of alkyl halides is 1. The molecule has 1 atom stereocenters. The molecular formula is C16H19INO3Y-. The molecule has 1 aliphatic heterocycles. The average molecular weight is 489 g/mol. The quantitative estimate of drug-likeness (QED) is 0.267. The number of methoxy groups -OCH3 is 1. The van der Waals surface area contributed by atoms with Crippen molar-refractivity contribution in [3.63, 3.8) is 0 Å². The SMILES string of the molecule is CCN1C(=O)C(I)C[C-]=C1c1ccc(OCCOC)cc1.[Y]. The zero-order valence-corrected chi connectivity index (χ0v) is 17.8. The van der Waals surface area contributed by atoms with Crippen molar-refractivity contribution in [2.45, 2.75) is 17.3 Å². The molecule has 0 fully saturated rings. The molecule has 6 heteroatoms. The maximum absolute atomic E-state index is 12.2. The fourth-order valence-electron chi connectivity index (χ4n) is 2.17. The summed E-state index contributed by atoms with van der Waals surface area (Å²) >= 11 is 2.18. The van der Waals surface area contributed by atoms with Crippen LogP contribution in [0, 0.1) is 6.08 Å². The molecule has 1 aromatic carbocycles. The predicted octanol–water partition coefficient (Wildman–Crippen LogP) is 2.91. The summed E-state index contributed by atoms with van der Waals surface area (Å²) in [6.45, 7) is 3.74. The average Bonchev–Trinajstić information content (AvgIpc) is 2.51. The summed E-state index contributed by atoms with van der Waals surface area (Å²) in [7, 11) is 1.65. The van der Waals surface area contributed by atoms with Gasteiger partial charge in [0.1, 0.15) is 12.4 Å². The summed E-state index contributed by atoms with van der Waals surface area (Å²) in [5, 5.41) is 0. The molecule has 2 rings (SSSR count).